The number of phenols is 2. The van der Waals surface area contributed by atoms with Gasteiger partial charge >= 0.3 is 11.9 Å². The zero-order valence-electron chi connectivity index (χ0n) is 26.2. The molecular formula is C43H26O7. The van der Waals surface area contributed by atoms with Crippen molar-refractivity contribution in [3.8, 4) is 33.8 Å². The van der Waals surface area contributed by atoms with Crippen LogP contribution >= 0.6 is 0 Å². The summed E-state index contributed by atoms with van der Waals surface area (Å²) in [5.74, 6) is -3.72. The van der Waals surface area contributed by atoms with Crippen molar-refractivity contribution in [3.63, 3.8) is 0 Å². The number of carboxylic acids is 2. The van der Waals surface area contributed by atoms with E-state index in [1.54, 1.807) is 60.7 Å². The summed E-state index contributed by atoms with van der Waals surface area (Å²) >= 11 is 0. The lowest BCUT2D eigenvalue weighted by Gasteiger charge is -2.20. The maximum Gasteiger partial charge on any atom is 0.339 e. The lowest BCUT2D eigenvalue weighted by Crippen LogP contribution is -2.09. The zero-order valence-corrected chi connectivity index (χ0v) is 26.2. The third-order valence-corrected chi connectivity index (χ3v) is 9.39. The van der Waals surface area contributed by atoms with Crippen LogP contribution in [-0.2, 0) is 0 Å². The minimum Gasteiger partial charge on any atom is -0.506 e. The van der Waals surface area contributed by atoms with Crippen LogP contribution in [0.5, 0.6) is 11.5 Å². The molecule has 8 aromatic carbocycles. The van der Waals surface area contributed by atoms with E-state index in [0.717, 1.165) is 10.8 Å². The lowest BCUT2D eigenvalue weighted by atomic mass is 9.82. The molecule has 8 aromatic rings. The molecule has 8 rings (SSSR count). The summed E-state index contributed by atoms with van der Waals surface area (Å²) in [4.78, 5) is 40.3. The Morgan fingerprint density at radius 1 is 0.380 bits per heavy atom. The maximum atomic E-state index is 15.6. The average molecular weight is 655 g/mol. The van der Waals surface area contributed by atoms with Crippen LogP contribution in [0, 0.1) is 0 Å². The Morgan fingerprint density at radius 3 is 1.10 bits per heavy atom. The molecule has 240 valence electrons. The summed E-state index contributed by atoms with van der Waals surface area (Å²) in [6.45, 7) is 0. The maximum absolute atomic E-state index is 15.6. The van der Waals surface area contributed by atoms with E-state index in [1.807, 2.05) is 60.7 Å². The van der Waals surface area contributed by atoms with Crippen molar-refractivity contribution in [1.82, 2.24) is 0 Å². The molecule has 0 aromatic heterocycles. The van der Waals surface area contributed by atoms with Gasteiger partial charge in [0.15, 0.2) is 5.78 Å². The van der Waals surface area contributed by atoms with Gasteiger partial charge < -0.3 is 20.4 Å². The minimum atomic E-state index is -1.31. The van der Waals surface area contributed by atoms with Crippen LogP contribution in [0.4, 0.5) is 0 Å². The Kier molecular flexibility index (Phi) is 7.05. The van der Waals surface area contributed by atoms with Gasteiger partial charge in [0.05, 0.1) is 0 Å². The third kappa shape index (κ3) is 4.64. The van der Waals surface area contributed by atoms with E-state index < -0.39 is 11.9 Å². The molecule has 0 amide bonds. The SMILES string of the molecule is O=C(O)c1cc(-c2ccc3ccccc3c2C(=O)c2c(-c3cc(C(=O)O)c(O)c4ccccc34)ccc3ccccc23)c2ccccc2c1O. The Morgan fingerprint density at radius 2 is 0.720 bits per heavy atom. The molecule has 0 aliphatic carbocycles. The molecular weight excluding hydrogens is 628 g/mol. The summed E-state index contributed by atoms with van der Waals surface area (Å²) in [5, 5.41) is 46.7. The molecule has 0 fully saturated rings. The van der Waals surface area contributed by atoms with Crippen molar-refractivity contribution in [2.24, 2.45) is 0 Å². The van der Waals surface area contributed by atoms with Gasteiger partial charge in [-0.15, -0.1) is 0 Å². The van der Waals surface area contributed by atoms with Gasteiger partial charge in [0.2, 0.25) is 0 Å². The quantitative estimate of drug-likeness (QED) is 0.131. The van der Waals surface area contributed by atoms with Gasteiger partial charge in [0.1, 0.15) is 22.6 Å². The standard InChI is InChI=1S/C43H26O7/c44-39-31-15-7-5-13-27(31)33(21-35(39)42(47)48)29-19-17-23-9-1-3-11-25(23)37(29)41(46)38-26-12-4-2-10-24(26)18-20-30(38)34-22-36(43(49)50)40(45)32-16-8-6-14-28(32)34/h1-22,44-45H,(H,47,48)(H,49,50). The van der Waals surface area contributed by atoms with E-state index in [9.17, 15) is 30.0 Å². The van der Waals surface area contributed by atoms with Crippen LogP contribution in [0.1, 0.15) is 36.6 Å². The smallest absolute Gasteiger partial charge is 0.339 e. The molecule has 0 saturated heterocycles. The third-order valence-electron chi connectivity index (χ3n) is 9.39. The highest BCUT2D eigenvalue weighted by Crippen LogP contribution is 2.44. The van der Waals surface area contributed by atoms with Crippen LogP contribution in [0.3, 0.4) is 0 Å². The number of rotatable bonds is 6. The largest absolute Gasteiger partial charge is 0.506 e. The molecule has 50 heavy (non-hydrogen) atoms. The van der Waals surface area contributed by atoms with E-state index in [1.165, 1.54) is 12.1 Å². The first kappa shape index (κ1) is 30.4. The van der Waals surface area contributed by atoms with Gasteiger partial charge in [-0.3, -0.25) is 4.79 Å². The van der Waals surface area contributed by atoms with Crippen molar-refractivity contribution in [3.05, 3.63) is 156 Å². The van der Waals surface area contributed by atoms with Crippen molar-refractivity contribution >= 4 is 60.8 Å². The normalized spacial score (nSPS) is 11.4. The first-order chi connectivity index (χ1) is 24.2. The molecule has 0 aliphatic rings. The number of fused-ring (bicyclic) bond motifs is 4. The average Bonchev–Trinajstić information content (AvgIpc) is 3.14. The second-order valence-electron chi connectivity index (χ2n) is 12.1. The minimum absolute atomic E-state index is 0.298. The number of carbonyl (C=O) groups excluding carboxylic acids is 1. The Labute approximate surface area is 284 Å². The Hall–Kier alpha value is -6.99. The summed E-state index contributed by atoms with van der Waals surface area (Å²) in [6, 6.07) is 38.8. The molecule has 0 unspecified atom stereocenters. The fourth-order valence-corrected chi connectivity index (χ4v) is 7.10. The number of aromatic hydroxyl groups is 2. The number of hydrogen-bond acceptors (Lipinski definition) is 5. The molecule has 0 bridgehead atoms. The number of carbonyl (C=O) groups is 3. The number of ketones is 1. The van der Waals surface area contributed by atoms with Crippen LogP contribution in [0.15, 0.2) is 133 Å². The summed E-state index contributed by atoms with van der Waals surface area (Å²) < 4.78 is 0. The second kappa shape index (κ2) is 11.6. The van der Waals surface area contributed by atoms with Gasteiger partial charge in [-0.05, 0) is 66.7 Å². The predicted molar refractivity (Wildman–Crippen MR) is 194 cm³/mol. The molecule has 0 heterocycles. The highest BCUT2D eigenvalue weighted by atomic mass is 16.4. The molecule has 4 N–H and O–H groups in total. The van der Waals surface area contributed by atoms with E-state index >= 15 is 4.79 Å². The summed E-state index contributed by atoms with van der Waals surface area (Å²) in [5.41, 5.74) is 1.87. The number of aromatic carboxylic acids is 2. The van der Waals surface area contributed by atoms with E-state index in [2.05, 4.69) is 0 Å². The molecule has 0 aliphatic heterocycles. The summed E-state index contributed by atoms with van der Waals surface area (Å²) in [7, 11) is 0. The van der Waals surface area contributed by atoms with Crippen molar-refractivity contribution in [2.75, 3.05) is 0 Å². The number of hydrogen-bond donors (Lipinski definition) is 4. The molecule has 0 radical (unpaired) electrons. The van der Waals surface area contributed by atoms with Gasteiger partial charge in [-0.1, -0.05) is 121 Å². The van der Waals surface area contributed by atoms with Crippen LogP contribution < -0.4 is 0 Å². The molecule has 7 nitrogen and oxygen atoms in total. The molecule has 7 heteroatoms. The van der Waals surface area contributed by atoms with Crippen molar-refractivity contribution in [1.29, 1.82) is 0 Å². The van der Waals surface area contributed by atoms with Gasteiger partial charge in [0.25, 0.3) is 0 Å². The Balaban J connectivity index is 1.51. The second-order valence-corrected chi connectivity index (χ2v) is 12.1. The van der Waals surface area contributed by atoms with Crippen molar-refractivity contribution < 1.29 is 34.8 Å². The fraction of sp³-hybridized carbons (Fsp3) is 0. The van der Waals surface area contributed by atoms with Gasteiger partial charge in [-0.25, -0.2) is 9.59 Å². The first-order valence-corrected chi connectivity index (χ1v) is 15.8. The number of benzene rings is 8. The van der Waals surface area contributed by atoms with Crippen LogP contribution in [0.2, 0.25) is 0 Å². The summed E-state index contributed by atoms with van der Waals surface area (Å²) in [6.07, 6.45) is 0. The first-order valence-electron chi connectivity index (χ1n) is 15.8. The highest BCUT2D eigenvalue weighted by molar-refractivity contribution is 6.28. The molecule has 0 spiro atoms. The van der Waals surface area contributed by atoms with E-state index in [4.69, 9.17) is 0 Å². The Bertz CT molecular complexity index is 2570. The van der Waals surface area contributed by atoms with Crippen LogP contribution in [0.25, 0.3) is 65.3 Å². The zero-order chi connectivity index (χ0) is 34.7. The topological polar surface area (TPSA) is 132 Å². The van der Waals surface area contributed by atoms with E-state index in [0.29, 0.717) is 65.7 Å². The van der Waals surface area contributed by atoms with Crippen molar-refractivity contribution in [2.45, 2.75) is 0 Å². The van der Waals surface area contributed by atoms with Gasteiger partial charge in [0, 0.05) is 21.9 Å². The monoisotopic (exact) mass is 654 g/mol. The highest BCUT2D eigenvalue weighted by Gasteiger charge is 2.27. The fourth-order valence-electron chi connectivity index (χ4n) is 7.10. The van der Waals surface area contributed by atoms with Crippen LogP contribution in [-0.4, -0.2) is 38.1 Å². The molecule has 0 atom stereocenters. The predicted octanol–water partition coefficient (Wildman–Crippen LogP) is 9.67. The number of carboxylic acid groups (broad SMARTS) is 2. The van der Waals surface area contributed by atoms with E-state index in [-0.39, 0.29) is 28.4 Å². The molecule has 0 saturated carbocycles. The van der Waals surface area contributed by atoms with Gasteiger partial charge in [-0.2, -0.15) is 0 Å². The lowest BCUT2D eigenvalue weighted by molar-refractivity contribution is 0.0682.